The van der Waals surface area contributed by atoms with Crippen molar-refractivity contribution in [3.63, 3.8) is 0 Å². The number of aryl methyl sites for hydroxylation is 3. The molecule has 1 aromatic carbocycles. The second kappa shape index (κ2) is 11.7. The molecule has 0 spiro atoms. The lowest BCUT2D eigenvalue weighted by molar-refractivity contribution is 0.0697. The molecule has 2 atom stereocenters. The number of carbonyl (C=O) groups excluding carboxylic acids is 1. The molecule has 11 nitrogen and oxygen atoms in total. The Morgan fingerprint density at radius 3 is 2.62 bits per heavy atom. The van der Waals surface area contributed by atoms with Gasteiger partial charge in [0, 0.05) is 57.1 Å². The van der Waals surface area contributed by atoms with Crippen LogP contribution in [0.4, 0.5) is 11.6 Å². The van der Waals surface area contributed by atoms with Gasteiger partial charge in [-0.15, -0.1) is 0 Å². The minimum absolute atomic E-state index is 0.0288. The number of aliphatic hydroxyl groups is 1. The maximum Gasteiger partial charge on any atom is 0.254 e. The van der Waals surface area contributed by atoms with Crippen molar-refractivity contribution < 1.29 is 9.90 Å². The van der Waals surface area contributed by atoms with E-state index in [0.29, 0.717) is 43.1 Å². The van der Waals surface area contributed by atoms with E-state index < -0.39 is 0 Å². The average molecular weight is 546 g/mol. The number of nitrogens with one attached hydrogen (secondary N) is 1. The molecule has 2 N–H and O–H groups in total. The second-order valence-electron chi connectivity index (χ2n) is 11.3. The number of hydrogen-bond donors (Lipinski definition) is 2. The Bertz CT molecular complexity index is 1350. The van der Waals surface area contributed by atoms with E-state index in [1.165, 1.54) is 0 Å². The Balaban J connectivity index is 1.24. The van der Waals surface area contributed by atoms with E-state index in [1.54, 1.807) is 11.7 Å². The quantitative estimate of drug-likeness (QED) is 0.563. The van der Waals surface area contributed by atoms with Gasteiger partial charge >= 0.3 is 0 Å². The normalized spacial score (nSPS) is 22.1. The molecular formula is C29H39N9O2. The number of nitrogens with zero attached hydrogens (tertiary/aromatic N) is 8. The third-order valence-corrected chi connectivity index (χ3v) is 8.36. The number of rotatable bonds is 6. The van der Waals surface area contributed by atoms with Gasteiger partial charge in [0.25, 0.3) is 5.91 Å². The lowest BCUT2D eigenvalue weighted by Gasteiger charge is -2.40. The number of anilines is 2. The number of benzene rings is 1. The van der Waals surface area contributed by atoms with Crippen molar-refractivity contribution in [2.75, 3.05) is 49.5 Å². The Morgan fingerprint density at radius 1 is 1.18 bits per heavy atom. The summed E-state index contributed by atoms with van der Waals surface area (Å²) < 4.78 is 1.58. The number of piperazine rings is 1. The van der Waals surface area contributed by atoms with Crippen LogP contribution in [0.2, 0.25) is 0 Å². The molecule has 5 rings (SSSR count). The molecule has 0 bridgehead atoms. The number of piperidine rings is 1. The Morgan fingerprint density at radius 2 is 1.95 bits per heavy atom. The molecule has 2 aromatic rings. The highest BCUT2D eigenvalue weighted by Gasteiger charge is 2.33. The van der Waals surface area contributed by atoms with E-state index >= 15 is 0 Å². The van der Waals surface area contributed by atoms with Crippen molar-refractivity contribution in [2.24, 2.45) is 13.0 Å². The molecule has 3 heterocycles. The van der Waals surface area contributed by atoms with Crippen molar-refractivity contribution in [3.8, 4) is 6.07 Å². The van der Waals surface area contributed by atoms with Crippen LogP contribution in [0.5, 0.6) is 0 Å². The number of hydrogen-bond acceptors (Lipinski definition) is 9. The minimum Gasteiger partial charge on any atom is -0.394 e. The molecule has 1 aromatic heterocycles. The number of nitriles is 1. The number of amides is 1. The fourth-order valence-electron chi connectivity index (χ4n) is 6.06. The van der Waals surface area contributed by atoms with E-state index in [0.717, 1.165) is 60.4 Å². The summed E-state index contributed by atoms with van der Waals surface area (Å²) in [6, 6.07) is 6.46. The standard InChI is InChI=1S/C29H39N9O2/c1-19-5-6-27(22(13-19)16-30)36-9-7-23(8-10-36)31-26-15-25(20(2)14-21(26)3)28(40)37-11-12-38(24(17-37)18-39)29-32-33-34-35(29)4/h6,13-15,19,23-24,31,39H,5,7-12,17-18H2,1-4H3/t19?,24-/m0/s1. The number of carbonyl (C=O) groups is 1. The van der Waals surface area contributed by atoms with Gasteiger partial charge in [0.2, 0.25) is 5.95 Å². The van der Waals surface area contributed by atoms with Crippen LogP contribution in [0.25, 0.3) is 0 Å². The van der Waals surface area contributed by atoms with Crippen LogP contribution >= 0.6 is 0 Å². The van der Waals surface area contributed by atoms with Crippen LogP contribution in [-0.2, 0) is 7.05 Å². The van der Waals surface area contributed by atoms with Crippen molar-refractivity contribution in [3.05, 3.63) is 52.2 Å². The Kier molecular flexibility index (Phi) is 8.07. The molecule has 11 heteroatoms. The Labute approximate surface area is 235 Å². The number of aromatic nitrogens is 4. The van der Waals surface area contributed by atoms with Gasteiger partial charge in [-0.2, -0.15) is 5.26 Å². The highest BCUT2D eigenvalue weighted by molar-refractivity contribution is 5.97. The zero-order chi connectivity index (χ0) is 28.4. The number of allylic oxidation sites excluding steroid dienone is 3. The van der Waals surface area contributed by atoms with Crippen molar-refractivity contribution >= 4 is 17.5 Å². The van der Waals surface area contributed by atoms with Gasteiger partial charge < -0.3 is 25.1 Å². The molecule has 2 saturated heterocycles. The van der Waals surface area contributed by atoms with E-state index in [4.69, 9.17) is 0 Å². The van der Waals surface area contributed by atoms with Crippen LogP contribution in [0.3, 0.4) is 0 Å². The van der Waals surface area contributed by atoms with Crippen LogP contribution < -0.4 is 10.2 Å². The number of tetrazole rings is 1. The van der Waals surface area contributed by atoms with E-state index in [2.05, 4.69) is 63.9 Å². The van der Waals surface area contributed by atoms with Gasteiger partial charge in [-0.3, -0.25) is 4.79 Å². The molecule has 40 heavy (non-hydrogen) atoms. The number of likely N-dealkylation sites (tertiary alicyclic amines) is 1. The molecule has 212 valence electrons. The molecule has 3 aliphatic rings. The molecule has 2 aliphatic heterocycles. The second-order valence-corrected chi connectivity index (χ2v) is 11.3. The summed E-state index contributed by atoms with van der Waals surface area (Å²) in [5.41, 5.74) is 5.59. The first-order valence-electron chi connectivity index (χ1n) is 14.1. The van der Waals surface area contributed by atoms with Crippen LogP contribution in [-0.4, -0.2) is 92.4 Å². The summed E-state index contributed by atoms with van der Waals surface area (Å²) >= 11 is 0. The molecule has 0 radical (unpaired) electrons. The highest BCUT2D eigenvalue weighted by atomic mass is 16.3. The molecule has 1 amide bonds. The maximum atomic E-state index is 13.7. The van der Waals surface area contributed by atoms with Crippen molar-refractivity contribution in [2.45, 2.75) is 52.1 Å². The van der Waals surface area contributed by atoms with Gasteiger partial charge in [-0.25, -0.2) is 4.68 Å². The highest BCUT2D eigenvalue weighted by Crippen LogP contribution is 2.30. The largest absolute Gasteiger partial charge is 0.394 e. The predicted octanol–water partition coefficient (Wildman–Crippen LogP) is 2.40. The van der Waals surface area contributed by atoms with Crippen LogP contribution in [0.15, 0.2) is 35.6 Å². The first-order valence-corrected chi connectivity index (χ1v) is 14.1. The van der Waals surface area contributed by atoms with E-state index in [-0.39, 0.29) is 18.6 Å². The summed E-state index contributed by atoms with van der Waals surface area (Å²) in [4.78, 5) is 19.8. The first-order chi connectivity index (χ1) is 19.3. The van der Waals surface area contributed by atoms with Crippen LogP contribution in [0, 0.1) is 31.1 Å². The van der Waals surface area contributed by atoms with Crippen molar-refractivity contribution in [1.82, 2.24) is 30.0 Å². The van der Waals surface area contributed by atoms with Gasteiger partial charge in [-0.1, -0.05) is 30.2 Å². The lowest BCUT2D eigenvalue weighted by Crippen LogP contribution is -2.57. The average Bonchev–Trinajstić information content (AvgIpc) is 3.39. The SMILES string of the molecule is Cc1cc(C)c(C(=O)N2CCN(c3nnnn3C)[C@H](CO)C2)cc1NC1CCN(C2=CCC(C)C=C2C#N)CC1. The molecule has 1 aliphatic carbocycles. The molecule has 2 fully saturated rings. The monoisotopic (exact) mass is 545 g/mol. The van der Waals surface area contributed by atoms with E-state index in [1.807, 2.05) is 22.8 Å². The molecule has 1 unspecified atom stereocenters. The minimum atomic E-state index is -0.283. The summed E-state index contributed by atoms with van der Waals surface area (Å²) in [5, 5.41) is 35.1. The zero-order valence-corrected chi connectivity index (χ0v) is 23.8. The third kappa shape index (κ3) is 5.54. The summed E-state index contributed by atoms with van der Waals surface area (Å²) in [7, 11) is 1.77. The summed E-state index contributed by atoms with van der Waals surface area (Å²) in [5.74, 6) is 0.968. The zero-order valence-electron chi connectivity index (χ0n) is 23.8. The Hall–Kier alpha value is -3.91. The topological polar surface area (TPSA) is 126 Å². The third-order valence-electron chi connectivity index (χ3n) is 8.36. The van der Waals surface area contributed by atoms with Gasteiger partial charge in [0.1, 0.15) is 6.07 Å². The predicted molar refractivity (Wildman–Crippen MR) is 153 cm³/mol. The fraction of sp³-hybridized carbons (Fsp3) is 0.552. The summed E-state index contributed by atoms with van der Waals surface area (Å²) in [6.07, 6.45) is 7.19. The van der Waals surface area contributed by atoms with Crippen LogP contribution in [0.1, 0.15) is 47.7 Å². The van der Waals surface area contributed by atoms with Gasteiger partial charge in [-0.05, 0) is 66.6 Å². The smallest absolute Gasteiger partial charge is 0.254 e. The first kappa shape index (κ1) is 27.6. The van der Waals surface area contributed by atoms with Gasteiger partial charge in [0.15, 0.2) is 0 Å². The van der Waals surface area contributed by atoms with Gasteiger partial charge in [0.05, 0.1) is 23.9 Å². The molecular weight excluding hydrogens is 506 g/mol. The maximum absolute atomic E-state index is 13.7. The van der Waals surface area contributed by atoms with Crippen molar-refractivity contribution in [1.29, 1.82) is 5.26 Å². The summed E-state index contributed by atoms with van der Waals surface area (Å²) in [6.45, 7) is 9.33. The fourth-order valence-corrected chi connectivity index (χ4v) is 6.06. The molecule has 0 saturated carbocycles. The number of aliphatic hydroxyl groups excluding tert-OH is 1. The van der Waals surface area contributed by atoms with E-state index in [9.17, 15) is 15.2 Å². The lowest BCUT2D eigenvalue weighted by atomic mass is 9.93.